The highest BCUT2D eigenvalue weighted by atomic mass is 16.3. The van der Waals surface area contributed by atoms with Gasteiger partial charge in [-0.15, -0.1) is 0 Å². The topological polar surface area (TPSA) is 64.0 Å². The lowest BCUT2D eigenvalue weighted by Gasteiger charge is -2.22. The van der Waals surface area contributed by atoms with Crippen molar-refractivity contribution in [3.8, 4) is 23.7 Å². The molecule has 3 aromatic carbocycles. The Bertz CT molecular complexity index is 1150. The number of carbonyl (C=O) groups excluding carboxylic acids is 1. The van der Waals surface area contributed by atoms with Gasteiger partial charge in [0.2, 0.25) is 5.91 Å². The molecule has 4 nitrogen and oxygen atoms in total. The minimum atomic E-state index is -0.241. The van der Waals surface area contributed by atoms with Gasteiger partial charge in [-0.25, -0.2) is 0 Å². The molecule has 0 saturated carbocycles. The normalized spacial score (nSPS) is 10.1. The maximum absolute atomic E-state index is 12.4. The van der Waals surface area contributed by atoms with Crippen LogP contribution in [0.2, 0.25) is 0 Å². The number of hydrogen-bond donors (Lipinski definition) is 0. The van der Waals surface area contributed by atoms with Crippen molar-refractivity contribution in [1.29, 1.82) is 5.26 Å². The summed E-state index contributed by atoms with van der Waals surface area (Å²) in [5, 5.41) is 20.3. The van der Waals surface area contributed by atoms with Gasteiger partial charge in [0.25, 0.3) is 0 Å². The summed E-state index contributed by atoms with van der Waals surface area (Å²) >= 11 is 0. The second-order valence-electron chi connectivity index (χ2n) is 7.98. The van der Waals surface area contributed by atoms with Crippen molar-refractivity contribution >= 4 is 5.91 Å². The highest BCUT2D eigenvalue weighted by molar-refractivity contribution is 5.78. The average molecular weight is 436 g/mol. The molecular formula is C29H27N2O2. The first-order valence-corrected chi connectivity index (χ1v) is 11.2. The molecule has 0 spiro atoms. The van der Waals surface area contributed by atoms with Crippen LogP contribution >= 0.6 is 0 Å². The van der Waals surface area contributed by atoms with Crippen molar-refractivity contribution < 1.29 is 9.90 Å². The average Bonchev–Trinajstić information content (AvgIpc) is 2.84. The largest absolute Gasteiger partial charge is 0.333 e. The molecule has 0 aromatic heterocycles. The Morgan fingerprint density at radius 3 is 1.76 bits per heavy atom. The quantitative estimate of drug-likeness (QED) is 0.406. The molecule has 3 aromatic rings. The third kappa shape index (κ3) is 7.56. The zero-order chi connectivity index (χ0) is 23.5. The van der Waals surface area contributed by atoms with E-state index in [1.54, 1.807) is 17.0 Å². The van der Waals surface area contributed by atoms with Crippen LogP contribution in [0, 0.1) is 23.2 Å². The van der Waals surface area contributed by atoms with Crippen LogP contribution in [0.25, 0.3) is 0 Å². The summed E-state index contributed by atoms with van der Waals surface area (Å²) in [5.74, 6) is 6.08. The van der Waals surface area contributed by atoms with Crippen LogP contribution in [0.4, 0.5) is 0 Å². The summed E-state index contributed by atoms with van der Waals surface area (Å²) in [4.78, 5) is 14.1. The second-order valence-corrected chi connectivity index (χ2v) is 7.98. The van der Waals surface area contributed by atoms with Gasteiger partial charge in [-0.05, 0) is 65.9 Å². The van der Waals surface area contributed by atoms with Gasteiger partial charge in [0.1, 0.15) is 6.42 Å². The summed E-state index contributed by atoms with van der Waals surface area (Å²) in [6.07, 6.45) is 3.31. The van der Waals surface area contributed by atoms with Gasteiger partial charge in [0.15, 0.2) is 5.75 Å². The van der Waals surface area contributed by atoms with Crippen LogP contribution in [-0.4, -0.2) is 10.8 Å². The van der Waals surface area contributed by atoms with E-state index in [1.807, 2.05) is 30.3 Å². The van der Waals surface area contributed by atoms with Crippen molar-refractivity contribution in [2.45, 2.75) is 45.7 Å². The molecule has 0 aliphatic rings. The lowest BCUT2D eigenvalue weighted by atomic mass is 10.1. The predicted octanol–water partition coefficient (Wildman–Crippen LogP) is 6.02. The standard InChI is InChI=1S/C29H27N2O2/c1-2-3-4-23-5-7-24(8-6-23)9-10-25-11-13-26(14-12-25)21-31(29(33)19-20-30)22-27-15-17-28(32)18-16-27/h5-8,11-18H,2-4,19,21-22H2,1H3. The Morgan fingerprint density at radius 1 is 0.788 bits per heavy atom. The highest BCUT2D eigenvalue weighted by Gasteiger charge is 2.14. The molecule has 33 heavy (non-hydrogen) atoms. The van der Waals surface area contributed by atoms with E-state index in [1.165, 1.54) is 30.5 Å². The van der Waals surface area contributed by atoms with Crippen LogP contribution in [0.15, 0.2) is 72.8 Å². The SMILES string of the molecule is CCCCc1ccc(C#Cc2ccc(CN(Cc3ccc([O])cc3)C(=O)CC#N)cc2)cc1. The molecule has 0 atom stereocenters. The van der Waals surface area contributed by atoms with Gasteiger partial charge in [-0.1, -0.05) is 61.6 Å². The van der Waals surface area contributed by atoms with E-state index in [4.69, 9.17) is 5.26 Å². The molecule has 0 saturated heterocycles. The molecule has 1 radical (unpaired) electrons. The Morgan fingerprint density at radius 2 is 1.27 bits per heavy atom. The Hall–Kier alpha value is -4.02. The number of benzene rings is 3. The highest BCUT2D eigenvalue weighted by Crippen LogP contribution is 2.16. The van der Waals surface area contributed by atoms with Crippen LogP contribution < -0.4 is 0 Å². The van der Waals surface area contributed by atoms with Gasteiger partial charge in [0, 0.05) is 24.2 Å². The number of nitriles is 1. The van der Waals surface area contributed by atoms with Gasteiger partial charge in [-0.3, -0.25) is 9.90 Å². The molecular weight excluding hydrogens is 408 g/mol. The molecule has 165 valence electrons. The first-order chi connectivity index (χ1) is 16.1. The van der Waals surface area contributed by atoms with Crippen molar-refractivity contribution in [1.82, 2.24) is 4.90 Å². The van der Waals surface area contributed by atoms with Crippen LogP contribution in [0.1, 0.15) is 54.0 Å². The smallest absolute Gasteiger partial charge is 0.237 e. The number of hydrogen-bond acceptors (Lipinski definition) is 2. The molecule has 0 aliphatic heterocycles. The van der Waals surface area contributed by atoms with Gasteiger partial charge >= 0.3 is 0 Å². The summed E-state index contributed by atoms with van der Waals surface area (Å²) < 4.78 is 0. The third-order valence-corrected chi connectivity index (χ3v) is 5.33. The summed E-state index contributed by atoms with van der Waals surface area (Å²) in [6.45, 7) is 2.92. The third-order valence-electron chi connectivity index (χ3n) is 5.33. The summed E-state index contributed by atoms with van der Waals surface area (Å²) in [5.41, 5.74) is 5.02. The predicted molar refractivity (Wildman–Crippen MR) is 129 cm³/mol. The van der Waals surface area contributed by atoms with Crippen LogP contribution in [-0.2, 0) is 29.4 Å². The first-order valence-electron chi connectivity index (χ1n) is 11.2. The number of aryl methyl sites for hydroxylation is 1. The number of amides is 1. The fourth-order valence-corrected chi connectivity index (χ4v) is 3.42. The van der Waals surface area contributed by atoms with Crippen molar-refractivity contribution in [3.63, 3.8) is 0 Å². The molecule has 0 fully saturated rings. The minimum Gasteiger partial charge on any atom is -0.333 e. The van der Waals surface area contributed by atoms with E-state index in [2.05, 4.69) is 43.0 Å². The Balaban J connectivity index is 1.66. The fraction of sp³-hybridized carbons (Fsp3) is 0.241. The van der Waals surface area contributed by atoms with E-state index >= 15 is 0 Å². The lowest BCUT2D eigenvalue weighted by Crippen LogP contribution is -2.29. The molecule has 0 unspecified atom stereocenters. The first kappa shape index (κ1) is 23.6. The van der Waals surface area contributed by atoms with E-state index in [0.29, 0.717) is 13.1 Å². The Kier molecular flexibility index (Phi) is 8.69. The van der Waals surface area contributed by atoms with Crippen molar-refractivity contribution in [2.24, 2.45) is 0 Å². The number of rotatable bonds is 8. The molecule has 4 heteroatoms. The van der Waals surface area contributed by atoms with E-state index < -0.39 is 0 Å². The van der Waals surface area contributed by atoms with Crippen molar-refractivity contribution in [2.75, 3.05) is 0 Å². The fourth-order valence-electron chi connectivity index (χ4n) is 3.42. The lowest BCUT2D eigenvalue weighted by molar-refractivity contribution is -0.131. The minimum absolute atomic E-state index is 0.0715. The monoisotopic (exact) mass is 435 g/mol. The van der Waals surface area contributed by atoms with E-state index in [9.17, 15) is 9.90 Å². The number of nitrogens with zero attached hydrogens (tertiary/aromatic N) is 2. The molecule has 0 heterocycles. The van der Waals surface area contributed by atoms with Crippen LogP contribution in [0.5, 0.6) is 5.75 Å². The summed E-state index contributed by atoms with van der Waals surface area (Å²) in [7, 11) is 0. The molecule has 0 bridgehead atoms. The molecule has 1 amide bonds. The second kappa shape index (κ2) is 12.1. The van der Waals surface area contributed by atoms with Gasteiger partial charge < -0.3 is 4.90 Å². The van der Waals surface area contributed by atoms with Gasteiger partial charge in [0.05, 0.1) is 6.07 Å². The zero-order valence-electron chi connectivity index (χ0n) is 18.9. The zero-order valence-corrected chi connectivity index (χ0v) is 18.9. The Labute approximate surface area is 196 Å². The van der Waals surface area contributed by atoms with Crippen molar-refractivity contribution in [3.05, 3.63) is 101 Å². The maximum Gasteiger partial charge on any atom is 0.237 e. The number of carbonyl (C=O) groups is 1. The van der Waals surface area contributed by atoms with E-state index in [-0.39, 0.29) is 18.1 Å². The summed E-state index contributed by atoms with van der Waals surface area (Å²) in [6, 6.07) is 24.5. The molecule has 0 N–H and O–H groups in total. The molecule has 3 rings (SSSR count). The maximum atomic E-state index is 12.4. The van der Waals surface area contributed by atoms with E-state index in [0.717, 1.165) is 28.7 Å². The van der Waals surface area contributed by atoms with Gasteiger partial charge in [-0.2, -0.15) is 5.26 Å². The molecule has 0 aliphatic carbocycles. The number of unbranched alkanes of at least 4 members (excludes halogenated alkanes) is 1. The van der Waals surface area contributed by atoms with Crippen LogP contribution in [0.3, 0.4) is 0 Å².